The summed E-state index contributed by atoms with van der Waals surface area (Å²) in [5, 5.41) is 6.27. The zero-order chi connectivity index (χ0) is 13.2. The van der Waals surface area contributed by atoms with Crippen molar-refractivity contribution in [2.24, 2.45) is 0 Å². The van der Waals surface area contributed by atoms with Gasteiger partial charge in [-0.25, -0.2) is 0 Å². The Morgan fingerprint density at radius 1 is 1.42 bits per heavy atom. The normalized spacial score (nSPS) is 28.8. The first kappa shape index (κ1) is 12.4. The third-order valence-corrected chi connectivity index (χ3v) is 3.81. The Kier molecular flexibility index (Phi) is 3.40. The summed E-state index contributed by atoms with van der Waals surface area (Å²) in [6, 6.07) is 7.74. The van der Waals surface area contributed by atoms with E-state index in [2.05, 4.69) is 10.6 Å². The topological polar surface area (TPSA) is 59.6 Å². The Balaban J connectivity index is 1.69. The van der Waals surface area contributed by atoms with Gasteiger partial charge in [0.25, 0.3) is 0 Å². The fourth-order valence-corrected chi connectivity index (χ4v) is 2.71. The smallest absolute Gasteiger partial charge is 0.231 e. The van der Waals surface area contributed by atoms with Crippen LogP contribution in [0, 0.1) is 0 Å². The molecular weight excluding hydrogens is 244 g/mol. The maximum Gasteiger partial charge on any atom is 0.231 e. The zero-order valence-corrected chi connectivity index (χ0v) is 10.9. The number of nitrogens with one attached hydrogen (secondary N) is 2. The van der Waals surface area contributed by atoms with Gasteiger partial charge in [0.2, 0.25) is 5.91 Å². The molecule has 1 fully saturated rings. The summed E-state index contributed by atoms with van der Waals surface area (Å²) in [6.45, 7) is 1.95. The van der Waals surface area contributed by atoms with Gasteiger partial charge in [0, 0.05) is 25.8 Å². The fraction of sp³-hybridized carbons (Fsp3) is 0.500. The summed E-state index contributed by atoms with van der Waals surface area (Å²) in [6.07, 6.45) is 0.0431. The molecule has 0 spiro atoms. The number of carbonyl (C=O) groups excluding carboxylic acids is 1. The lowest BCUT2D eigenvalue weighted by Gasteiger charge is -2.20. The number of rotatable bonds is 3. The number of methoxy groups -OCH3 is 1. The highest BCUT2D eigenvalue weighted by molar-refractivity contribution is 5.85. The van der Waals surface area contributed by atoms with Crippen LogP contribution in [0.25, 0.3) is 0 Å². The zero-order valence-electron chi connectivity index (χ0n) is 10.9. The van der Waals surface area contributed by atoms with Crippen LogP contribution in [0.5, 0.6) is 5.75 Å². The van der Waals surface area contributed by atoms with Crippen molar-refractivity contribution in [1.29, 1.82) is 0 Å². The van der Waals surface area contributed by atoms with Crippen LogP contribution in [0.2, 0.25) is 0 Å². The summed E-state index contributed by atoms with van der Waals surface area (Å²) in [7, 11) is 1.67. The van der Waals surface area contributed by atoms with E-state index in [4.69, 9.17) is 9.47 Å². The molecule has 3 rings (SSSR count). The molecule has 102 valence electrons. The molecule has 2 heterocycles. The van der Waals surface area contributed by atoms with Crippen molar-refractivity contribution in [2.45, 2.75) is 18.1 Å². The predicted molar refractivity (Wildman–Crippen MR) is 70.3 cm³/mol. The number of carbonyl (C=O) groups is 1. The molecule has 2 aliphatic heterocycles. The van der Waals surface area contributed by atoms with E-state index in [9.17, 15) is 4.79 Å². The van der Waals surface area contributed by atoms with E-state index in [1.165, 1.54) is 0 Å². The second-order valence-electron chi connectivity index (χ2n) is 4.95. The largest absolute Gasteiger partial charge is 0.492 e. The van der Waals surface area contributed by atoms with Crippen molar-refractivity contribution < 1.29 is 14.3 Å². The maximum absolute atomic E-state index is 12.4. The van der Waals surface area contributed by atoms with E-state index in [0.29, 0.717) is 6.61 Å². The molecule has 0 aromatic heterocycles. The Morgan fingerprint density at radius 3 is 3.11 bits per heavy atom. The van der Waals surface area contributed by atoms with Crippen molar-refractivity contribution in [2.75, 3.05) is 26.8 Å². The van der Waals surface area contributed by atoms with Gasteiger partial charge in [-0.15, -0.1) is 0 Å². The molecular formula is C14H18N2O3. The number of ether oxygens (including phenoxy) is 2. The lowest BCUT2D eigenvalue weighted by atomic mass is 10.00. The molecule has 3 atom stereocenters. The van der Waals surface area contributed by atoms with E-state index < -0.39 is 0 Å². The van der Waals surface area contributed by atoms with Gasteiger partial charge in [-0.3, -0.25) is 4.79 Å². The molecule has 1 saturated heterocycles. The minimum Gasteiger partial charge on any atom is -0.492 e. The highest BCUT2D eigenvalue weighted by atomic mass is 16.5. The summed E-state index contributed by atoms with van der Waals surface area (Å²) < 4.78 is 10.9. The monoisotopic (exact) mass is 262 g/mol. The number of hydrogen-bond donors (Lipinski definition) is 2. The minimum absolute atomic E-state index is 0.0145. The summed E-state index contributed by atoms with van der Waals surface area (Å²) in [4.78, 5) is 12.4. The standard InChI is InChI=1S/C14H18N2O3/c1-18-13-7-15-6-11(13)16-14(17)10-8-19-12-5-3-2-4-9(10)12/h2-5,10-11,13,15H,6-8H2,1H3,(H,16,17)/t10?,11?,13-/m0/s1. The van der Waals surface area contributed by atoms with E-state index in [-0.39, 0.29) is 24.0 Å². The summed E-state index contributed by atoms with van der Waals surface area (Å²) >= 11 is 0. The quantitative estimate of drug-likeness (QED) is 0.820. The Labute approximate surface area is 112 Å². The van der Waals surface area contributed by atoms with Crippen molar-refractivity contribution in [3.8, 4) is 5.75 Å². The molecule has 1 aromatic rings. The van der Waals surface area contributed by atoms with Gasteiger partial charge in [0.15, 0.2) is 0 Å². The maximum atomic E-state index is 12.4. The van der Waals surface area contributed by atoms with Gasteiger partial charge < -0.3 is 20.1 Å². The van der Waals surface area contributed by atoms with Crippen LogP contribution in [0.4, 0.5) is 0 Å². The van der Waals surface area contributed by atoms with Gasteiger partial charge in [0.1, 0.15) is 18.3 Å². The molecule has 2 unspecified atom stereocenters. The molecule has 1 amide bonds. The van der Waals surface area contributed by atoms with Crippen LogP contribution in [-0.2, 0) is 9.53 Å². The second kappa shape index (κ2) is 5.19. The third-order valence-electron chi connectivity index (χ3n) is 3.81. The molecule has 2 aliphatic rings. The van der Waals surface area contributed by atoms with E-state index >= 15 is 0 Å². The van der Waals surface area contributed by atoms with Crippen LogP contribution in [0.1, 0.15) is 11.5 Å². The first-order valence-electron chi connectivity index (χ1n) is 6.55. The molecule has 5 heteroatoms. The van der Waals surface area contributed by atoms with Gasteiger partial charge in [-0.1, -0.05) is 18.2 Å². The summed E-state index contributed by atoms with van der Waals surface area (Å²) in [5.74, 6) is 0.616. The van der Waals surface area contributed by atoms with E-state index in [1.54, 1.807) is 7.11 Å². The fourth-order valence-electron chi connectivity index (χ4n) is 2.71. The first-order chi connectivity index (χ1) is 9.29. The lowest BCUT2D eigenvalue weighted by molar-refractivity contribution is -0.124. The van der Waals surface area contributed by atoms with Crippen molar-refractivity contribution >= 4 is 5.91 Å². The van der Waals surface area contributed by atoms with Crippen molar-refractivity contribution in [1.82, 2.24) is 10.6 Å². The highest BCUT2D eigenvalue weighted by Gasteiger charge is 2.34. The van der Waals surface area contributed by atoms with E-state index in [0.717, 1.165) is 24.4 Å². The van der Waals surface area contributed by atoms with Crippen LogP contribution < -0.4 is 15.4 Å². The third kappa shape index (κ3) is 2.31. The summed E-state index contributed by atoms with van der Waals surface area (Å²) in [5.41, 5.74) is 0.972. The minimum atomic E-state index is -0.214. The van der Waals surface area contributed by atoms with Crippen LogP contribution in [-0.4, -0.2) is 44.9 Å². The van der Waals surface area contributed by atoms with Crippen LogP contribution in [0.15, 0.2) is 24.3 Å². The molecule has 0 saturated carbocycles. The molecule has 0 bridgehead atoms. The number of benzene rings is 1. The average molecular weight is 262 g/mol. The Morgan fingerprint density at radius 2 is 2.26 bits per heavy atom. The van der Waals surface area contributed by atoms with Gasteiger partial charge in [0.05, 0.1) is 12.1 Å². The average Bonchev–Trinajstić information content (AvgIpc) is 3.04. The van der Waals surface area contributed by atoms with Gasteiger partial charge in [-0.05, 0) is 6.07 Å². The lowest BCUT2D eigenvalue weighted by Crippen LogP contribution is -2.45. The van der Waals surface area contributed by atoms with Crippen molar-refractivity contribution in [3.63, 3.8) is 0 Å². The molecule has 0 aliphatic carbocycles. The second-order valence-corrected chi connectivity index (χ2v) is 4.95. The van der Waals surface area contributed by atoms with Crippen molar-refractivity contribution in [3.05, 3.63) is 29.8 Å². The van der Waals surface area contributed by atoms with Crippen LogP contribution >= 0.6 is 0 Å². The van der Waals surface area contributed by atoms with Gasteiger partial charge in [-0.2, -0.15) is 0 Å². The molecule has 5 nitrogen and oxygen atoms in total. The highest BCUT2D eigenvalue weighted by Crippen LogP contribution is 2.33. The van der Waals surface area contributed by atoms with Gasteiger partial charge >= 0.3 is 0 Å². The van der Waals surface area contributed by atoms with E-state index in [1.807, 2.05) is 24.3 Å². The molecule has 19 heavy (non-hydrogen) atoms. The number of fused-ring (bicyclic) bond motifs is 1. The SMILES string of the molecule is CO[C@H]1CNCC1NC(=O)C1COc2ccccc21. The molecule has 0 radical (unpaired) electrons. The number of para-hydroxylation sites is 1. The Hall–Kier alpha value is -1.59. The molecule has 2 N–H and O–H groups in total. The Bertz CT molecular complexity index is 478. The first-order valence-corrected chi connectivity index (χ1v) is 6.55. The number of amides is 1. The molecule has 1 aromatic carbocycles. The predicted octanol–water partition coefficient (Wildman–Crippen LogP) is 0.266. The number of hydrogen-bond acceptors (Lipinski definition) is 4. The van der Waals surface area contributed by atoms with Crippen LogP contribution in [0.3, 0.4) is 0 Å².